The number of aromatic nitrogens is 4. The molecule has 108 valence electrons. The molecule has 0 radical (unpaired) electrons. The van der Waals surface area contributed by atoms with Crippen LogP contribution in [0.3, 0.4) is 0 Å². The molecule has 0 aliphatic heterocycles. The Bertz CT molecular complexity index is 835. The maximum Gasteiger partial charge on any atom is 0.354 e. The number of nitrogens with one attached hydrogen (secondary N) is 1. The van der Waals surface area contributed by atoms with Crippen LogP contribution < -0.4 is 0 Å². The standard InChI is InChI=1S/C14H13ClN4O2/c1-7(2)19-12-8(15)4-3-5-9(12)18-13(19)10-11(14(20)21)17-6-16-10/h3-7H,1-2H3,(H,16,17)(H,20,21). The molecule has 0 spiro atoms. The number of halogens is 1. The summed E-state index contributed by atoms with van der Waals surface area (Å²) in [6.45, 7) is 3.97. The van der Waals surface area contributed by atoms with Gasteiger partial charge in [0, 0.05) is 6.04 Å². The van der Waals surface area contributed by atoms with Crippen molar-refractivity contribution in [1.82, 2.24) is 19.5 Å². The van der Waals surface area contributed by atoms with E-state index in [-0.39, 0.29) is 11.7 Å². The Morgan fingerprint density at radius 1 is 1.43 bits per heavy atom. The number of fused-ring (bicyclic) bond motifs is 1. The number of hydrogen-bond acceptors (Lipinski definition) is 3. The number of H-pyrrole nitrogens is 1. The van der Waals surface area contributed by atoms with Gasteiger partial charge in [0.25, 0.3) is 0 Å². The molecule has 2 aromatic heterocycles. The molecule has 0 unspecified atom stereocenters. The third-order valence-corrected chi connectivity index (χ3v) is 3.55. The van der Waals surface area contributed by atoms with E-state index in [1.54, 1.807) is 6.07 Å². The van der Waals surface area contributed by atoms with Gasteiger partial charge in [0.1, 0.15) is 5.69 Å². The number of para-hydroxylation sites is 1. The van der Waals surface area contributed by atoms with Crippen LogP contribution in [0.2, 0.25) is 5.02 Å². The SMILES string of the molecule is CC(C)n1c(-c2nc[nH]c2C(=O)O)nc2cccc(Cl)c21. The Hall–Kier alpha value is -2.34. The first-order valence-corrected chi connectivity index (χ1v) is 6.82. The summed E-state index contributed by atoms with van der Waals surface area (Å²) < 4.78 is 1.90. The van der Waals surface area contributed by atoms with Crippen molar-refractivity contribution in [3.05, 3.63) is 35.2 Å². The molecule has 6 nitrogen and oxygen atoms in total. The number of carbonyl (C=O) groups is 1. The largest absolute Gasteiger partial charge is 0.477 e. The number of carboxylic acid groups (broad SMARTS) is 1. The first kappa shape index (κ1) is 13.6. The summed E-state index contributed by atoms with van der Waals surface area (Å²) >= 11 is 6.28. The maximum atomic E-state index is 11.3. The average molecular weight is 305 g/mol. The van der Waals surface area contributed by atoms with E-state index in [1.807, 2.05) is 30.5 Å². The normalized spacial score (nSPS) is 11.4. The number of rotatable bonds is 3. The highest BCUT2D eigenvalue weighted by molar-refractivity contribution is 6.35. The number of imidazole rings is 2. The molecule has 3 aromatic rings. The minimum Gasteiger partial charge on any atom is -0.477 e. The number of benzene rings is 1. The minimum atomic E-state index is -1.07. The second kappa shape index (κ2) is 4.89. The highest BCUT2D eigenvalue weighted by atomic mass is 35.5. The molecule has 2 N–H and O–H groups in total. The Morgan fingerprint density at radius 3 is 2.86 bits per heavy atom. The maximum absolute atomic E-state index is 11.3. The van der Waals surface area contributed by atoms with Crippen molar-refractivity contribution in [2.24, 2.45) is 0 Å². The Labute approximate surface area is 125 Å². The topological polar surface area (TPSA) is 83.8 Å². The van der Waals surface area contributed by atoms with Gasteiger partial charge in [0.05, 0.1) is 22.4 Å². The van der Waals surface area contributed by atoms with Crippen LogP contribution in [0.1, 0.15) is 30.4 Å². The summed E-state index contributed by atoms with van der Waals surface area (Å²) in [4.78, 5) is 22.5. The van der Waals surface area contributed by atoms with Gasteiger partial charge in [-0.15, -0.1) is 0 Å². The van der Waals surface area contributed by atoms with E-state index >= 15 is 0 Å². The predicted molar refractivity (Wildman–Crippen MR) is 79.7 cm³/mol. The lowest BCUT2D eigenvalue weighted by molar-refractivity contribution is 0.0692. The number of aromatic amines is 1. The smallest absolute Gasteiger partial charge is 0.354 e. The van der Waals surface area contributed by atoms with E-state index in [9.17, 15) is 9.90 Å². The summed E-state index contributed by atoms with van der Waals surface area (Å²) in [7, 11) is 0. The molecule has 2 heterocycles. The molecule has 0 bridgehead atoms. The highest BCUT2D eigenvalue weighted by Crippen LogP contribution is 2.32. The van der Waals surface area contributed by atoms with Crippen molar-refractivity contribution in [2.45, 2.75) is 19.9 Å². The van der Waals surface area contributed by atoms with Crippen LogP contribution in [-0.4, -0.2) is 30.6 Å². The lowest BCUT2D eigenvalue weighted by Gasteiger charge is -2.13. The predicted octanol–water partition coefficient (Wildman–Crippen LogP) is 3.36. The van der Waals surface area contributed by atoms with Gasteiger partial charge < -0.3 is 14.7 Å². The third kappa shape index (κ3) is 2.08. The van der Waals surface area contributed by atoms with E-state index in [4.69, 9.17) is 11.6 Å². The van der Waals surface area contributed by atoms with E-state index in [0.29, 0.717) is 22.1 Å². The zero-order valence-corrected chi connectivity index (χ0v) is 12.2. The van der Waals surface area contributed by atoms with E-state index in [1.165, 1.54) is 6.33 Å². The number of nitrogens with zero attached hydrogens (tertiary/aromatic N) is 3. The molecule has 3 rings (SSSR count). The van der Waals surface area contributed by atoms with Gasteiger partial charge in [0.2, 0.25) is 0 Å². The average Bonchev–Trinajstić information content (AvgIpc) is 3.02. The Balaban J connectivity index is 2.37. The number of aromatic carboxylic acids is 1. The summed E-state index contributed by atoms with van der Waals surface area (Å²) in [5.41, 5.74) is 1.82. The van der Waals surface area contributed by atoms with Gasteiger partial charge in [-0.2, -0.15) is 0 Å². The second-order valence-corrected chi connectivity index (χ2v) is 5.35. The zero-order valence-electron chi connectivity index (χ0n) is 11.5. The fraction of sp³-hybridized carbons (Fsp3) is 0.214. The molecular formula is C14H13ClN4O2. The summed E-state index contributed by atoms with van der Waals surface area (Å²) in [6, 6.07) is 5.51. The number of hydrogen-bond donors (Lipinski definition) is 2. The Morgan fingerprint density at radius 2 is 2.19 bits per heavy atom. The molecule has 0 fully saturated rings. The van der Waals surface area contributed by atoms with Crippen molar-refractivity contribution < 1.29 is 9.90 Å². The van der Waals surface area contributed by atoms with Crippen LogP contribution in [-0.2, 0) is 0 Å². The van der Waals surface area contributed by atoms with Gasteiger partial charge in [-0.1, -0.05) is 17.7 Å². The van der Waals surface area contributed by atoms with Crippen molar-refractivity contribution in [3.8, 4) is 11.5 Å². The lowest BCUT2D eigenvalue weighted by atomic mass is 10.2. The monoisotopic (exact) mass is 304 g/mol. The van der Waals surface area contributed by atoms with E-state index in [2.05, 4.69) is 15.0 Å². The molecule has 1 aromatic carbocycles. The molecule has 0 saturated heterocycles. The molecule has 21 heavy (non-hydrogen) atoms. The third-order valence-electron chi connectivity index (χ3n) is 3.24. The van der Waals surface area contributed by atoms with Crippen molar-refractivity contribution in [2.75, 3.05) is 0 Å². The molecule has 0 saturated carbocycles. The summed E-state index contributed by atoms with van der Waals surface area (Å²) in [6.07, 6.45) is 1.35. The molecule has 0 aliphatic rings. The highest BCUT2D eigenvalue weighted by Gasteiger charge is 2.23. The summed E-state index contributed by atoms with van der Waals surface area (Å²) in [5.74, 6) is -0.581. The molecular weight excluding hydrogens is 292 g/mol. The zero-order chi connectivity index (χ0) is 15.1. The number of carboxylic acids is 1. The van der Waals surface area contributed by atoms with Gasteiger partial charge >= 0.3 is 5.97 Å². The quantitative estimate of drug-likeness (QED) is 0.777. The van der Waals surface area contributed by atoms with Crippen LogP contribution in [0.25, 0.3) is 22.6 Å². The first-order chi connectivity index (χ1) is 10.0. The van der Waals surface area contributed by atoms with Crippen LogP contribution in [0.5, 0.6) is 0 Å². The summed E-state index contributed by atoms with van der Waals surface area (Å²) in [5, 5.41) is 9.82. The van der Waals surface area contributed by atoms with Crippen LogP contribution in [0.4, 0.5) is 0 Å². The van der Waals surface area contributed by atoms with E-state index < -0.39 is 5.97 Å². The molecule has 0 atom stereocenters. The van der Waals surface area contributed by atoms with Gasteiger partial charge in [0.15, 0.2) is 11.5 Å². The van der Waals surface area contributed by atoms with Gasteiger partial charge in [-0.05, 0) is 26.0 Å². The minimum absolute atomic E-state index is 0.0170. The van der Waals surface area contributed by atoms with Crippen molar-refractivity contribution in [1.29, 1.82) is 0 Å². The van der Waals surface area contributed by atoms with Gasteiger partial charge in [-0.25, -0.2) is 14.8 Å². The molecule has 0 aliphatic carbocycles. The van der Waals surface area contributed by atoms with Crippen molar-refractivity contribution in [3.63, 3.8) is 0 Å². The Kier molecular flexibility index (Phi) is 3.17. The van der Waals surface area contributed by atoms with E-state index in [0.717, 1.165) is 5.52 Å². The lowest BCUT2D eigenvalue weighted by Crippen LogP contribution is -2.07. The van der Waals surface area contributed by atoms with Crippen LogP contribution in [0.15, 0.2) is 24.5 Å². The second-order valence-electron chi connectivity index (χ2n) is 4.94. The molecule has 0 amide bonds. The molecule has 7 heteroatoms. The van der Waals surface area contributed by atoms with Crippen LogP contribution in [0, 0.1) is 0 Å². The fourth-order valence-corrected chi connectivity index (χ4v) is 2.66. The van der Waals surface area contributed by atoms with Gasteiger partial charge in [-0.3, -0.25) is 0 Å². The van der Waals surface area contributed by atoms with Crippen LogP contribution >= 0.6 is 11.6 Å². The first-order valence-electron chi connectivity index (χ1n) is 6.44. The van der Waals surface area contributed by atoms with Crippen molar-refractivity contribution >= 4 is 28.6 Å². The fourth-order valence-electron chi connectivity index (χ4n) is 2.40.